The van der Waals surface area contributed by atoms with Crippen LogP contribution in [-0.4, -0.2) is 60.5 Å². The van der Waals surface area contributed by atoms with Gasteiger partial charge in [-0.15, -0.1) is 0 Å². The number of nitrogens with two attached hydrogens (primary N) is 1. The first-order valence-corrected chi connectivity index (χ1v) is 13.5. The number of carbonyl (C=O) groups is 2. The Morgan fingerprint density at radius 2 is 1.82 bits per heavy atom. The standard InChI is InChI=1S/C25H26FN7O4S/c1-5-20(15-10-22(33(2,3)25(27)35)31-23(11-15)38(4,36)37)30-24(34)19-12-28-14-21-18(19)13-29-32(21)17-8-6-16(26)7-9-17/h6-14,20H,5H2,1-4H3,(H2-,27,30,34,35)/p+1/t20-/m0/s1. The highest BCUT2D eigenvalue weighted by Crippen LogP contribution is 2.28. The molecule has 11 nitrogen and oxygen atoms in total. The first kappa shape index (κ1) is 26.8. The molecule has 4 rings (SSSR count). The number of halogens is 1. The number of primary amides is 1. The van der Waals surface area contributed by atoms with E-state index in [0.29, 0.717) is 28.6 Å². The van der Waals surface area contributed by atoms with E-state index in [1.54, 1.807) is 29.1 Å². The molecule has 0 fully saturated rings. The quantitative estimate of drug-likeness (QED) is 0.342. The summed E-state index contributed by atoms with van der Waals surface area (Å²) in [6.07, 6.45) is 5.90. The van der Waals surface area contributed by atoms with E-state index in [9.17, 15) is 22.4 Å². The Labute approximate surface area is 218 Å². The third-order valence-electron chi connectivity index (χ3n) is 6.24. The lowest BCUT2D eigenvalue weighted by Crippen LogP contribution is -2.51. The Kier molecular flexibility index (Phi) is 7.00. The maximum Gasteiger partial charge on any atom is 0.419 e. The first-order valence-electron chi connectivity index (χ1n) is 11.6. The topological polar surface area (TPSA) is 150 Å². The fraction of sp³-hybridized carbons (Fsp3) is 0.240. The number of rotatable bonds is 7. The van der Waals surface area contributed by atoms with Crippen molar-refractivity contribution in [1.29, 1.82) is 0 Å². The third-order valence-corrected chi connectivity index (χ3v) is 7.21. The van der Waals surface area contributed by atoms with Crippen LogP contribution in [0.1, 0.15) is 35.3 Å². The van der Waals surface area contributed by atoms with E-state index in [1.807, 2.05) is 6.92 Å². The van der Waals surface area contributed by atoms with Gasteiger partial charge < -0.3 is 11.1 Å². The van der Waals surface area contributed by atoms with Crippen molar-refractivity contribution >= 4 is 38.5 Å². The molecule has 38 heavy (non-hydrogen) atoms. The minimum Gasteiger partial charge on any atom is -0.345 e. The molecule has 0 saturated carbocycles. The number of carbonyl (C=O) groups excluding carboxylic acids is 2. The lowest BCUT2D eigenvalue weighted by Gasteiger charge is -2.25. The van der Waals surface area contributed by atoms with E-state index in [4.69, 9.17) is 5.73 Å². The Morgan fingerprint density at radius 3 is 2.42 bits per heavy atom. The van der Waals surface area contributed by atoms with Crippen LogP contribution in [0.4, 0.5) is 15.0 Å². The van der Waals surface area contributed by atoms with Gasteiger partial charge in [0.2, 0.25) is 5.82 Å². The minimum absolute atomic E-state index is 0.118. The van der Waals surface area contributed by atoms with Gasteiger partial charge in [-0.2, -0.15) is 14.6 Å². The van der Waals surface area contributed by atoms with E-state index in [-0.39, 0.29) is 22.2 Å². The van der Waals surface area contributed by atoms with Gasteiger partial charge in [0.05, 0.1) is 49.3 Å². The Morgan fingerprint density at radius 1 is 1.13 bits per heavy atom. The monoisotopic (exact) mass is 540 g/mol. The highest BCUT2D eigenvalue weighted by atomic mass is 32.2. The zero-order valence-electron chi connectivity index (χ0n) is 21.2. The fourth-order valence-corrected chi connectivity index (χ4v) is 4.48. The molecule has 0 aliphatic rings. The van der Waals surface area contributed by atoms with Gasteiger partial charge in [0.25, 0.3) is 5.91 Å². The molecular weight excluding hydrogens is 513 g/mol. The number of amides is 3. The van der Waals surface area contributed by atoms with Gasteiger partial charge in [-0.05, 0) is 42.3 Å². The van der Waals surface area contributed by atoms with Crippen LogP contribution in [-0.2, 0) is 9.84 Å². The van der Waals surface area contributed by atoms with Crippen molar-refractivity contribution in [3.8, 4) is 5.69 Å². The van der Waals surface area contributed by atoms with Gasteiger partial charge in [0.15, 0.2) is 14.9 Å². The maximum atomic E-state index is 13.4. The van der Waals surface area contributed by atoms with Crippen LogP contribution in [0.25, 0.3) is 16.6 Å². The second kappa shape index (κ2) is 9.91. The molecule has 1 atom stereocenters. The third kappa shape index (κ3) is 5.10. The van der Waals surface area contributed by atoms with Gasteiger partial charge >= 0.3 is 6.03 Å². The zero-order chi connectivity index (χ0) is 27.8. The van der Waals surface area contributed by atoms with Gasteiger partial charge in [0, 0.05) is 23.9 Å². The largest absolute Gasteiger partial charge is 0.419 e. The molecule has 0 unspecified atom stereocenters. The highest BCUT2D eigenvalue weighted by molar-refractivity contribution is 7.90. The summed E-state index contributed by atoms with van der Waals surface area (Å²) in [5.74, 6) is -0.727. The number of benzene rings is 1. The predicted molar refractivity (Wildman–Crippen MR) is 140 cm³/mol. The molecule has 3 heterocycles. The molecule has 0 saturated heterocycles. The number of hydrogen-bond acceptors (Lipinski definition) is 7. The zero-order valence-corrected chi connectivity index (χ0v) is 22.0. The highest BCUT2D eigenvalue weighted by Gasteiger charge is 2.32. The number of nitrogens with zero attached hydrogens (tertiary/aromatic N) is 5. The van der Waals surface area contributed by atoms with E-state index < -0.39 is 32.3 Å². The van der Waals surface area contributed by atoms with E-state index in [2.05, 4.69) is 20.4 Å². The van der Waals surface area contributed by atoms with Crippen molar-refractivity contribution in [2.75, 3.05) is 20.4 Å². The molecule has 0 aliphatic carbocycles. The lowest BCUT2D eigenvalue weighted by atomic mass is 10.0. The number of pyridine rings is 2. The van der Waals surface area contributed by atoms with Gasteiger partial charge in [0.1, 0.15) is 5.82 Å². The van der Waals surface area contributed by atoms with Crippen LogP contribution in [0.3, 0.4) is 0 Å². The minimum atomic E-state index is -3.74. The number of hydrogen-bond donors (Lipinski definition) is 2. The molecule has 4 aromatic rings. The lowest BCUT2D eigenvalue weighted by molar-refractivity contribution is 0.0936. The van der Waals surface area contributed by atoms with Crippen molar-refractivity contribution in [3.63, 3.8) is 0 Å². The normalized spacial score (nSPS) is 12.9. The molecular formula is C25H27FN7O4S+. The number of quaternary nitrogens is 1. The number of fused-ring (bicyclic) bond motifs is 1. The summed E-state index contributed by atoms with van der Waals surface area (Å²) in [6, 6.07) is 7.32. The Bertz CT molecular complexity index is 1650. The van der Waals surface area contributed by atoms with E-state index in [0.717, 1.165) is 6.26 Å². The van der Waals surface area contributed by atoms with Gasteiger partial charge in [-0.3, -0.25) is 9.78 Å². The molecule has 3 amide bonds. The molecule has 3 N–H and O–H groups in total. The summed E-state index contributed by atoms with van der Waals surface area (Å²) in [5.41, 5.74) is 7.36. The number of aromatic nitrogens is 4. The van der Waals surface area contributed by atoms with Crippen molar-refractivity contribution in [3.05, 3.63) is 71.9 Å². The summed E-state index contributed by atoms with van der Waals surface area (Å²) in [5, 5.41) is 7.55. The Hall–Kier alpha value is -4.23. The average Bonchev–Trinajstić information content (AvgIpc) is 3.31. The summed E-state index contributed by atoms with van der Waals surface area (Å²) in [6.45, 7) is 1.82. The average molecular weight is 541 g/mol. The SMILES string of the molecule is CC[C@H](NC(=O)c1cncc2c1cnn2-c1ccc(F)cc1)c1cc([N+](C)(C)C(N)=O)nc(S(C)(=O)=O)c1. The molecule has 0 aliphatic heterocycles. The van der Waals surface area contributed by atoms with Crippen LogP contribution in [0, 0.1) is 5.82 Å². The van der Waals surface area contributed by atoms with Crippen LogP contribution < -0.4 is 15.5 Å². The summed E-state index contributed by atoms with van der Waals surface area (Å²) < 4.78 is 39.1. The van der Waals surface area contributed by atoms with Crippen LogP contribution >= 0.6 is 0 Å². The fourth-order valence-electron chi connectivity index (χ4n) is 3.87. The van der Waals surface area contributed by atoms with Crippen molar-refractivity contribution < 1.29 is 22.4 Å². The number of nitrogens with one attached hydrogen (secondary N) is 1. The number of sulfone groups is 1. The molecule has 0 bridgehead atoms. The Balaban J connectivity index is 1.73. The van der Waals surface area contributed by atoms with Gasteiger partial charge in [-0.1, -0.05) is 6.92 Å². The van der Waals surface area contributed by atoms with E-state index in [1.165, 1.54) is 44.7 Å². The maximum absolute atomic E-state index is 13.4. The summed E-state index contributed by atoms with van der Waals surface area (Å²) in [4.78, 5) is 33.8. The second-order valence-electron chi connectivity index (χ2n) is 9.25. The van der Waals surface area contributed by atoms with Crippen LogP contribution in [0.15, 0.2) is 60.0 Å². The summed E-state index contributed by atoms with van der Waals surface area (Å²) in [7, 11) is -0.759. The number of urea groups is 1. The smallest absolute Gasteiger partial charge is 0.345 e. The van der Waals surface area contributed by atoms with Crippen molar-refractivity contribution in [2.24, 2.45) is 5.73 Å². The van der Waals surface area contributed by atoms with Gasteiger partial charge in [-0.25, -0.2) is 22.3 Å². The summed E-state index contributed by atoms with van der Waals surface area (Å²) >= 11 is 0. The molecule has 198 valence electrons. The van der Waals surface area contributed by atoms with Crippen molar-refractivity contribution in [2.45, 2.75) is 24.4 Å². The van der Waals surface area contributed by atoms with Crippen molar-refractivity contribution in [1.82, 2.24) is 29.5 Å². The molecule has 3 aromatic heterocycles. The van der Waals surface area contributed by atoms with Crippen LogP contribution in [0.5, 0.6) is 0 Å². The molecule has 0 spiro atoms. The first-order chi connectivity index (χ1) is 17.8. The molecule has 13 heteroatoms. The molecule has 0 radical (unpaired) electrons. The van der Waals surface area contributed by atoms with E-state index >= 15 is 0 Å². The predicted octanol–water partition coefficient (Wildman–Crippen LogP) is 2.88. The van der Waals surface area contributed by atoms with Crippen LogP contribution in [0.2, 0.25) is 0 Å². The second-order valence-corrected chi connectivity index (χ2v) is 11.2. The molecule has 1 aromatic carbocycles.